The van der Waals surface area contributed by atoms with Crippen molar-refractivity contribution in [2.24, 2.45) is 21.1 Å². The van der Waals surface area contributed by atoms with Gasteiger partial charge in [0.1, 0.15) is 5.15 Å². The second-order valence-electron chi connectivity index (χ2n) is 33.3. The van der Waals surface area contributed by atoms with Gasteiger partial charge in [-0.3, -0.25) is 52.1 Å². The summed E-state index contributed by atoms with van der Waals surface area (Å²) in [7, 11) is 5.36. The summed E-state index contributed by atoms with van der Waals surface area (Å²) >= 11 is 5.93. The van der Waals surface area contributed by atoms with Crippen molar-refractivity contribution in [1.29, 1.82) is 0 Å². The highest BCUT2D eigenvalue weighted by atomic mass is 35.5. The molecule has 24 nitrogen and oxygen atoms in total. The largest absolute Gasteiger partial charge is 0.498 e. The number of aryl methyl sites for hydroxylation is 3. The molecule has 26 heteroatoms. The molecule has 6 atom stereocenters. The Bertz CT molecular complexity index is 6100. The Morgan fingerprint density at radius 2 is 0.742 bits per heavy atom. The standard InChI is InChI=1S/2C28H27N5O2.C24H22ClN3O2.C10H17BN2O2.C4H8O/c2*1-32-16-20(15-31-32)24-11-10-18(14-29-24)12-19-13-23-27(22-7-3-2-6-21(19)22)30-17-33(28(23)35)25-8-4-5-9-26(25)34;25-22-10-9-15(13-26-22)11-16-12-19-23(18-6-2-1-5-17(16)18)27-14-28(24(19)30)20-7-3-4-8-21(20)29;1-9(2)10(3,4)15-11(14-9)8-6-12-13(5)7-8;1-2-4-5-3-1/h2*2-3,6-7,10-11,13-17,25-26,34H,4-5,8-9,12H2,1H3;1-2,5-6,9-10,12-14,20-21,29H,3-4,7-8,11H2;6-7H,1-5H3;1-4H2/t2*25-,26-;20-,21-;;/m000../s1. The fraction of sp³-hybridized carbons (Fsp3) is 0.362. The molecule has 0 unspecified atom stereocenters. The number of rotatable bonds is 12. The van der Waals surface area contributed by atoms with E-state index in [1.807, 2.05) is 171 Å². The molecule has 616 valence electrons. The van der Waals surface area contributed by atoms with Gasteiger partial charge in [0.05, 0.1) is 123 Å². The van der Waals surface area contributed by atoms with Crippen molar-refractivity contribution in [1.82, 2.24) is 72.9 Å². The molecule has 3 aliphatic carbocycles. The molecule has 3 saturated carbocycles. The van der Waals surface area contributed by atoms with E-state index in [-0.39, 0.29) is 53.1 Å². The van der Waals surface area contributed by atoms with Gasteiger partial charge in [-0.05, 0) is 184 Å². The third-order valence-electron chi connectivity index (χ3n) is 24.5. The first kappa shape index (κ1) is 82.4. The first-order valence-corrected chi connectivity index (χ1v) is 42.2. The van der Waals surface area contributed by atoms with E-state index in [9.17, 15) is 29.7 Å². The summed E-state index contributed by atoms with van der Waals surface area (Å²) in [6, 6.07) is 41.4. The van der Waals surface area contributed by atoms with Gasteiger partial charge >= 0.3 is 7.12 Å². The van der Waals surface area contributed by atoms with Crippen LogP contribution in [-0.4, -0.2) is 138 Å². The first-order valence-electron chi connectivity index (χ1n) is 41.8. The van der Waals surface area contributed by atoms with Crippen LogP contribution >= 0.6 is 11.6 Å². The normalized spacial score (nSPS) is 19.5. The fourth-order valence-corrected chi connectivity index (χ4v) is 17.4. The number of hydrogen-bond donors (Lipinski definition) is 3. The van der Waals surface area contributed by atoms with Gasteiger partial charge in [-0.2, -0.15) is 15.3 Å². The van der Waals surface area contributed by atoms with Crippen molar-refractivity contribution >= 4 is 89.2 Å². The van der Waals surface area contributed by atoms with Crippen LogP contribution in [0.15, 0.2) is 217 Å². The van der Waals surface area contributed by atoms with E-state index in [0.717, 1.165) is 184 Å². The van der Waals surface area contributed by atoms with Gasteiger partial charge in [-0.15, -0.1) is 0 Å². The molecule has 5 fully saturated rings. The number of hydrogen-bond acceptors (Lipinski definition) is 18. The molecular formula is C94H101BClN15O9. The molecule has 5 aliphatic rings. The lowest BCUT2D eigenvalue weighted by molar-refractivity contribution is 0.00578. The average molecular weight is 1630 g/mol. The summed E-state index contributed by atoms with van der Waals surface area (Å²) in [4.78, 5) is 68.2. The summed E-state index contributed by atoms with van der Waals surface area (Å²) in [5.41, 5.74) is 12.3. The number of ether oxygens (including phenoxy) is 1. The van der Waals surface area contributed by atoms with Crippen LogP contribution in [0.5, 0.6) is 0 Å². The van der Waals surface area contributed by atoms with E-state index in [4.69, 9.17) is 35.6 Å². The molecule has 2 saturated heterocycles. The maximum absolute atomic E-state index is 13.6. The molecule has 3 N–H and O–H groups in total. The van der Waals surface area contributed by atoms with Gasteiger partial charge in [-0.1, -0.05) is 141 Å². The molecule has 0 radical (unpaired) electrons. The number of aromatic nitrogens is 15. The topological polar surface area (TPSA) is 285 Å². The number of benzene rings is 6. The molecule has 0 bridgehead atoms. The SMILES string of the molecule is C1CCOC1.Cn1cc(-c2ccc(Cc3cc4c(=O)n([C@H]5CCCC[C@@H]5O)cnc4c4ccccc34)cn2)cn1.Cn1cc(-c2ccc(Cc3cc4c(=O)n([C@H]5CCCC[C@@H]5O)cnc4c4ccccc34)cn2)cn1.Cn1cc(B2OC(C)(C)C(C)(C)O2)cn1.O=c1c2cc(Cc3ccc(Cl)nc3)c3ccccc3c2ncn1[C@H]1CCCC[C@@H]1O. The third kappa shape index (κ3) is 17.8. The monoisotopic (exact) mass is 1630 g/mol. The number of aliphatic hydroxyl groups is 3. The minimum absolute atomic E-state index is 0.0852. The van der Waals surface area contributed by atoms with E-state index in [1.165, 1.54) is 12.8 Å². The Hall–Kier alpha value is -11.3. The van der Waals surface area contributed by atoms with Crippen LogP contribution in [0.4, 0.5) is 0 Å². The van der Waals surface area contributed by atoms with E-state index in [2.05, 4.69) is 65.6 Å². The Morgan fingerprint density at radius 3 is 1.04 bits per heavy atom. The molecular weight excluding hydrogens is 1530 g/mol. The molecule has 120 heavy (non-hydrogen) atoms. The predicted octanol–water partition coefficient (Wildman–Crippen LogP) is 15.0. The van der Waals surface area contributed by atoms with E-state index >= 15 is 0 Å². The minimum Gasteiger partial charge on any atom is -0.399 e. The maximum atomic E-state index is 13.6. The van der Waals surface area contributed by atoms with Gasteiger partial charge in [0.15, 0.2) is 0 Å². The van der Waals surface area contributed by atoms with Crippen molar-refractivity contribution in [3.05, 3.63) is 272 Å². The van der Waals surface area contributed by atoms with Gasteiger partial charge in [-0.25, -0.2) is 19.9 Å². The second kappa shape index (κ2) is 36.0. The quantitative estimate of drug-likeness (QED) is 0.0582. The number of nitrogens with zero attached hydrogens (tertiary/aromatic N) is 15. The number of halogens is 1. The Labute approximate surface area is 700 Å². The molecule has 15 aromatic rings. The van der Waals surface area contributed by atoms with Crippen molar-refractivity contribution in [2.75, 3.05) is 13.2 Å². The second-order valence-corrected chi connectivity index (χ2v) is 33.7. The Balaban J connectivity index is 0.000000120. The molecule has 0 spiro atoms. The van der Waals surface area contributed by atoms with E-state index < -0.39 is 18.3 Å². The molecule has 11 heterocycles. The van der Waals surface area contributed by atoms with Gasteiger partial charge < -0.3 is 29.4 Å². The predicted molar refractivity (Wildman–Crippen MR) is 471 cm³/mol. The Kier molecular flexibility index (Phi) is 24.7. The van der Waals surface area contributed by atoms with Crippen molar-refractivity contribution in [3.63, 3.8) is 0 Å². The smallest absolute Gasteiger partial charge is 0.399 e. The summed E-state index contributed by atoms with van der Waals surface area (Å²) < 4.78 is 26.9. The van der Waals surface area contributed by atoms with Crippen LogP contribution in [-0.2, 0) is 54.5 Å². The molecule has 20 rings (SSSR count). The summed E-state index contributed by atoms with van der Waals surface area (Å²) in [5.74, 6) is 0. The van der Waals surface area contributed by atoms with Crippen molar-refractivity contribution in [3.8, 4) is 22.5 Å². The minimum atomic E-state index is -0.509. The zero-order valence-corrected chi connectivity index (χ0v) is 69.7. The molecule has 6 aromatic carbocycles. The van der Waals surface area contributed by atoms with Crippen LogP contribution in [0, 0.1) is 0 Å². The summed E-state index contributed by atoms with van der Waals surface area (Å²) in [6.45, 7) is 10.2. The van der Waals surface area contributed by atoms with Crippen molar-refractivity contribution < 1.29 is 29.4 Å². The van der Waals surface area contributed by atoms with E-state index in [0.29, 0.717) is 57.1 Å². The van der Waals surface area contributed by atoms with Crippen molar-refractivity contribution in [2.45, 2.75) is 184 Å². The third-order valence-corrected chi connectivity index (χ3v) is 24.7. The maximum Gasteiger partial charge on any atom is 0.498 e. The first-order chi connectivity index (χ1) is 58.1. The number of aliphatic hydroxyl groups excluding tert-OH is 3. The lowest BCUT2D eigenvalue weighted by Gasteiger charge is -2.32. The summed E-state index contributed by atoms with van der Waals surface area (Å²) in [6.07, 6.45) is 35.2. The summed E-state index contributed by atoms with van der Waals surface area (Å²) in [5, 5.41) is 52.5. The Morgan fingerprint density at radius 1 is 0.400 bits per heavy atom. The lowest BCUT2D eigenvalue weighted by Crippen LogP contribution is -2.41. The molecule has 9 aromatic heterocycles. The zero-order chi connectivity index (χ0) is 83.3. The van der Waals surface area contributed by atoms with Gasteiger partial charge in [0.2, 0.25) is 0 Å². The van der Waals surface area contributed by atoms with Crippen LogP contribution in [0.1, 0.15) is 169 Å². The zero-order valence-electron chi connectivity index (χ0n) is 68.9. The van der Waals surface area contributed by atoms with Crippen LogP contribution < -0.4 is 22.1 Å². The van der Waals surface area contributed by atoms with Gasteiger partial charge in [0.25, 0.3) is 16.7 Å². The van der Waals surface area contributed by atoms with Crippen LogP contribution in [0.25, 0.3) is 87.5 Å². The van der Waals surface area contributed by atoms with E-state index in [1.54, 1.807) is 77.6 Å². The average Bonchev–Trinajstić information content (AvgIpc) is 1.05. The van der Waals surface area contributed by atoms with Crippen LogP contribution in [0.2, 0.25) is 5.15 Å². The molecule has 2 aliphatic heterocycles. The highest BCUT2D eigenvalue weighted by molar-refractivity contribution is 6.62. The number of pyridine rings is 3. The van der Waals surface area contributed by atoms with Crippen LogP contribution in [0.3, 0.4) is 0 Å². The molecule has 0 amide bonds. The highest BCUT2D eigenvalue weighted by Crippen LogP contribution is 2.39. The highest BCUT2D eigenvalue weighted by Gasteiger charge is 2.52. The lowest BCUT2D eigenvalue weighted by atomic mass is 9.82. The van der Waals surface area contributed by atoms with Gasteiger partial charge in [0, 0.05) is 110 Å². The fourth-order valence-electron chi connectivity index (χ4n) is 17.3. The number of fused-ring (bicyclic) bond motifs is 9.